The summed E-state index contributed by atoms with van der Waals surface area (Å²) < 4.78 is 27.1. The highest BCUT2D eigenvalue weighted by Crippen LogP contribution is 2.24. The Morgan fingerprint density at radius 3 is 2.60 bits per heavy atom. The van der Waals surface area contributed by atoms with E-state index < -0.39 is 10.0 Å². The molecule has 20 heavy (non-hydrogen) atoms. The Bertz CT molecular complexity index is 483. The van der Waals surface area contributed by atoms with Crippen molar-refractivity contribution in [3.63, 3.8) is 0 Å². The number of thiophene rings is 1. The molecular weight excluding hydrogens is 292 g/mol. The molecule has 1 aromatic heterocycles. The maximum atomic E-state index is 12.5. The topological polar surface area (TPSA) is 49.4 Å². The van der Waals surface area contributed by atoms with Gasteiger partial charge in [-0.2, -0.15) is 4.31 Å². The number of rotatable bonds is 10. The van der Waals surface area contributed by atoms with Crippen molar-refractivity contribution in [1.29, 1.82) is 0 Å². The van der Waals surface area contributed by atoms with Gasteiger partial charge in [-0.25, -0.2) is 8.42 Å². The highest BCUT2D eigenvalue weighted by atomic mass is 32.2. The third-order valence-electron chi connectivity index (χ3n) is 3.09. The molecular formula is C14H26N2O2S2. The van der Waals surface area contributed by atoms with Crippen LogP contribution in [0.4, 0.5) is 0 Å². The minimum Gasteiger partial charge on any atom is -0.313 e. The Hall–Kier alpha value is -0.430. The van der Waals surface area contributed by atoms with Crippen LogP contribution < -0.4 is 5.32 Å². The van der Waals surface area contributed by atoms with Gasteiger partial charge in [-0.1, -0.05) is 27.2 Å². The number of sulfonamides is 1. The zero-order chi connectivity index (χ0) is 15.0. The molecule has 116 valence electrons. The Kier molecular flexibility index (Phi) is 7.72. The first-order valence-corrected chi connectivity index (χ1v) is 9.66. The van der Waals surface area contributed by atoms with E-state index in [0.29, 0.717) is 17.3 Å². The molecule has 0 saturated heterocycles. The molecule has 0 aliphatic rings. The Morgan fingerprint density at radius 2 is 2.00 bits per heavy atom. The number of hydrogen-bond acceptors (Lipinski definition) is 4. The molecule has 1 heterocycles. The van der Waals surface area contributed by atoms with Crippen molar-refractivity contribution in [2.75, 3.05) is 19.6 Å². The van der Waals surface area contributed by atoms with E-state index in [1.165, 1.54) is 11.3 Å². The normalized spacial score (nSPS) is 12.2. The van der Waals surface area contributed by atoms with E-state index in [4.69, 9.17) is 0 Å². The standard InChI is InChI=1S/C14H26N2O2S2/c1-4-7-9-16(6-3)20(17,18)14-10-13(12-19-14)11-15-8-5-2/h10,12,15H,4-9,11H2,1-3H3. The fourth-order valence-corrected chi connectivity index (χ4v) is 4.75. The predicted molar refractivity (Wildman–Crippen MR) is 85.7 cm³/mol. The number of unbranched alkanes of at least 4 members (excludes halogenated alkanes) is 1. The van der Waals surface area contributed by atoms with Gasteiger partial charge in [-0.05, 0) is 36.4 Å². The second kappa shape index (κ2) is 8.77. The van der Waals surface area contributed by atoms with Crippen LogP contribution in [0.5, 0.6) is 0 Å². The molecule has 0 bridgehead atoms. The molecule has 1 aromatic rings. The summed E-state index contributed by atoms with van der Waals surface area (Å²) in [6.45, 7) is 8.91. The fourth-order valence-electron chi connectivity index (χ4n) is 1.90. The van der Waals surface area contributed by atoms with Crippen LogP contribution in [0.2, 0.25) is 0 Å². The van der Waals surface area contributed by atoms with Crippen LogP contribution in [0, 0.1) is 0 Å². The van der Waals surface area contributed by atoms with Crippen molar-refractivity contribution in [2.45, 2.75) is 50.8 Å². The number of hydrogen-bond donors (Lipinski definition) is 1. The molecule has 0 unspecified atom stereocenters. The van der Waals surface area contributed by atoms with Crippen molar-refractivity contribution >= 4 is 21.4 Å². The quantitative estimate of drug-likeness (QED) is 0.675. The summed E-state index contributed by atoms with van der Waals surface area (Å²) in [5.74, 6) is 0. The van der Waals surface area contributed by atoms with E-state index >= 15 is 0 Å². The summed E-state index contributed by atoms with van der Waals surface area (Å²) in [4.78, 5) is 0. The van der Waals surface area contributed by atoms with Crippen molar-refractivity contribution < 1.29 is 8.42 Å². The Balaban J connectivity index is 2.75. The summed E-state index contributed by atoms with van der Waals surface area (Å²) in [7, 11) is -3.31. The highest BCUT2D eigenvalue weighted by Gasteiger charge is 2.24. The predicted octanol–water partition coefficient (Wildman–Crippen LogP) is 3.06. The molecule has 0 fully saturated rings. The van der Waals surface area contributed by atoms with Crippen molar-refractivity contribution in [3.8, 4) is 0 Å². The van der Waals surface area contributed by atoms with Gasteiger partial charge in [0.1, 0.15) is 4.21 Å². The lowest BCUT2D eigenvalue weighted by Gasteiger charge is -2.18. The van der Waals surface area contributed by atoms with E-state index in [-0.39, 0.29) is 0 Å². The number of nitrogens with zero attached hydrogens (tertiary/aromatic N) is 1. The zero-order valence-electron chi connectivity index (χ0n) is 12.7. The monoisotopic (exact) mass is 318 g/mol. The van der Waals surface area contributed by atoms with E-state index in [1.54, 1.807) is 10.4 Å². The van der Waals surface area contributed by atoms with Crippen LogP contribution in [0.1, 0.15) is 45.6 Å². The molecule has 0 atom stereocenters. The molecule has 1 N–H and O–H groups in total. The minimum atomic E-state index is -3.31. The lowest BCUT2D eigenvalue weighted by atomic mass is 10.3. The van der Waals surface area contributed by atoms with Crippen molar-refractivity contribution in [3.05, 3.63) is 17.0 Å². The van der Waals surface area contributed by atoms with Crippen molar-refractivity contribution in [1.82, 2.24) is 9.62 Å². The van der Waals surface area contributed by atoms with Gasteiger partial charge >= 0.3 is 0 Å². The van der Waals surface area contributed by atoms with E-state index in [9.17, 15) is 8.42 Å². The average Bonchev–Trinajstić information content (AvgIpc) is 2.89. The summed E-state index contributed by atoms with van der Waals surface area (Å²) in [5, 5.41) is 5.23. The summed E-state index contributed by atoms with van der Waals surface area (Å²) in [5.41, 5.74) is 1.05. The van der Waals surface area contributed by atoms with E-state index in [0.717, 1.165) is 37.9 Å². The van der Waals surface area contributed by atoms with Crippen LogP contribution >= 0.6 is 11.3 Å². The lowest BCUT2D eigenvalue weighted by molar-refractivity contribution is 0.420. The molecule has 6 heteroatoms. The van der Waals surface area contributed by atoms with Crippen LogP contribution in [-0.2, 0) is 16.6 Å². The van der Waals surface area contributed by atoms with Gasteiger partial charge in [-0.3, -0.25) is 0 Å². The number of nitrogens with one attached hydrogen (secondary N) is 1. The molecule has 0 aliphatic carbocycles. The molecule has 0 radical (unpaired) electrons. The first-order chi connectivity index (χ1) is 9.56. The second-order valence-electron chi connectivity index (χ2n) is 4.80. The third kappa shape index (κ3) is 4.84. The largest absolute Gasteiger partial charge is 0.313 e. The second-order valence-corrected chi connectivity index (χ2v) is 7.88. The van der Waals surface area contributed by atoms with Crippen LogP contribution in [0.25, 0.3) is 0 Å². The van der Waals surface area contributed by atoms with Gasteiger partial charge in [0.15, 0.2) is 0 Å². The highest BCUT2D eigenvalue weighted by molar-refractivity contribution is 7.91. The molecule has 0 amide bonds. The summed E-state index contributed by atoms with van der Waals surface area (Å²) in [6.07, 6.45) is 2.99. The SMILES string of the molecule is CCCCN(CC)S(=O)(=O)c1cc(CNCCC)cs1. The molecule has 4 nitrogen and oxygen atoms in total. The minimum absolute atomic E-state index is 0.462. The summed E-state index contributed by atoms with van der Waals surface area (Å²) >= 11 is 1.32. The zero-order valence-corrected chi connectivity index (χ0v) is 14.3. The van der Waals surface area contributed by atoms with Crippen LogP contribution in [0.3, 0.4) is 0 Å². The maximum Gasteiger partial charge on any atom is 0.252 e. The average molecular weight is 319 g/mol. The van der Waals surface area contributed by atoms with Gasteiger partial charge in [-0.15, -0.1) is 11.3 Å². The van der Waals surface area contributed by atoms with E-state index in [2.05, 4.69) is 19.2 Å². The maximum absolute atomic E-state index is 12.5. The van der Waals surface area contributed by atoms with Gasteiger partial charge in [0.05, 0.1) is 0 Å². The Morgan fingerprint density at radius 1 is 1.25 bits per heavy atom. The summed E-state index contributed by atoms with van der Waals surface area (Å²) in [6, 6.07) is 1.80. The van der Waals surface area contributed by atoms with Crippen LogP contribution in [0.15, 0.2) is 15.7 Å². The first-order valence-electron chi connectivity index (χ1n) is 7.34. The fraction of sp³-hybridized carbons (Fsp3) is 0.714. The van der Waals surface area contributed by atoms with Gasteiger partial charge < -0.3 is 5.32 Å². The first kappa shape index (κ1) is 17.6. The van der Waals surface area contributed by atoms with E-state index in [1.807, 2.05) is 12.3 Å². The third-order valence-corrected chi connectivity index (χ3v) is 6.53. The molecule has 0 aliphatic heterocycles. The molecule has 0 saturated carbocycles. The van der Waals surface area contributed by atoms with Gasteiger partial charge in [0, 0.05) is 19.6 Å². The lowest BCUT2D eigenvalue weighted by Crippen LogP contribution is -2.31. The van der Waals surface area contributed by atoms with Crippen molar-refractivity contribution in [2.24, 2.45) is 0 Å². The molecule has 0 spiro atoms. The van der Waals surface area contributed by atoms with Crippen LogP contribution in [-0.4, -0.2) is 32.4 Å². The molecule has 1 rings (SSSR count). The van der Waals surface area contributed by atoms with Gasteiger partial charge in [0.2, 0.25) is 0 Å². The molecule has 0 aromatic carbocycles. The smallest absolute Gasteiger partial charge is 0.252 e. The van der Waals surface area contributed by atoms with Gasteiger partial charge in [0.25, 0.3) is 10.0 Å². The Labute approximate surface area is 127 Å².